The highest BCUT2D eigenvalue weighted by molar-refractivity contribution is 5.90. The quantitative estimate of drug-likeness (QED) is 0.730. The first-order valence-electron chi connectivity index (χ1n) is 5.06. The fraction of sp³-hybridized carbons (Fsp3) is 0.600. The van der Waals surface area contributed by atoms with E-state index in [4.69, 9.17) is 0 Å². The van der Waals surface area contributed by atoms with Crippen molar-refractivity contribution < 1.29 is 4.79 Å². The summed E-state index contributed by atoms with van der Waals surface area (Å²) in [5.41, 5.74) is 0. The van der Waals surface area contributed by atoms with Crippen molar-refractivity contribution in [3.63, 3.8) is 0 Å². The van der Waals surface area contributed by atoms with Gasteiger partial charge in [0.1, 0.15) is 0 Å². The Labute approximate surface area is 83.3 Å². The molecular formula is C10H15N3O. The summed E-state index contributed by atoms with van der Waals surface area (Å²) in [4.78, 5) is 20.5. The van der Waals surface area contributed by atoms with E-state index in [1.807, 2.05) is 4.90 Å². The lowest BCUT2D eigenvalue weighted by Gasteiger charge is -2.29. The third kappa shape index (κ3) is 1.78. The first-order valence-corrected chi connectivity index (χ1v) is 5.06. The van der Waals surface area contributed by atoms with E-state index in [1.54, 1.807) is 12.4 Å². The number of aromatic nitrogens is 2. The minimum Gasteiger partial charge on any atom is -0.341 e. The number of hydrogen-bond acceptors (Lipinski definition) is 2. The van der Waals surface area contributed by atoms with Crippen LogP contribution in [0, 0.1) is 5.92 Å². The van der Waals surface area contributed by atoms with Crippen LogP contribution >= 0.6 is 0 Å². The number of hydrogen-bond donors (Lipinski definition) is 1. The van der Waals surface area contributed by atoms with E-state index in [-0.39, 0.29) is 5.91 Å². The van der Waals surface area contributed by atoms with Crippen molar-refractivity contribution in [2.45, 2.75) is 19.8 Å². The third-order valence-corrected chi connectivity index (χ3v) is 2.77. The van der Waals surface area contributed by atoms with Crippen molar-refractivity contribution in [3.05, 3.63) is 18.2 Å². The van der Waals surface area contributed by atoms with E-state index in [1.165, 1.54) is 0 Å². The maximum atomic E-state index is 11.8. The molecule has 1 saturated heterocycles. The molecule has 0 radical (unpaired) electrons. The number of rotatable bonds is 1. The first-order chi connectivity index (χ1) is 6.77. The van der Waals surface area contributed by atoms with Crippen LogP contribution < -0.4 is 0 Å². The normalized spacial score (nSPS) is 18.5. The SMILES string of the molecule is CC1CCN(C(=O)c2ncc[nH]2)CC1. The smallest absolute Gasteiger partial charge is 0.289 e. The molecule has 0 bridgehead atoms. The van der Waals surface area contributed by atoms with Crippen molar-refractivity contribution in [1.82, 2.24) is 14.9 Å². The van der Waals surface area contributed by atoms with Crippen LogP contribution in [0.1, 0.15) is 30.4 Å². The van der Waals surface area contributed by atoms with E-state index in [0.29, 0.717) is 5.82 Å². The molecular weight excluding hydrogens is 178 g/mol. The number of H-pyrrole nitrogens is 1. The van der Waals surface area contributed by atoms with Gasteiger partial charge in [-0.1, -0.05) is 6.92 Å². The van der Waals surface area contributed by atoms with Crippen LogP contribution in [-0.2, 0) is 0 Å². The van der Waals surface area contributed by atoms with E-state index in [0.717, 1.165) is 31.8 Å². The predicted octanol–water partition coefficient (Wildman–Crippen LogP) is 1.28. The zero-order valence-corrected chi connectivity index (χ0v) is 8.36. The largest absolute Gasteiger partial charge is 0.341 e. The van der Waals surface area contributed by atoms with Crippen LogP contribution in [0.25, 0.3) is 0 Å². The monoisotopic (exact) mass is 193 g/mol. The first kappa shape index (κ1) is 9.24. The highest BCUT2D eigenvalue weighted by Gasteiger charge is 2.22. The summed E-state index contributed by atoms with van der Waals surface area (Å²) in [5, 5.41) is 0. The summed E-state index contributed by atoms with van der Waals surface area (Å²) >= 11 is 0. The summed E-state index contributed by atoms with van der Waals surface area (Å²) in [6, 6.07) is 0. The van der Waals surface area contributed by atoms with Gasteiger partial charge in [-0.15, -0.1) is 0 Å². The fourth-order valence-electron chi connectivity index (χ4n) is 1.74. The number of likely N-dealkylation sites (tertiary alicyclic amines) is 1. The van der Waals surface area contributed by atoms with Crippen LogP contribution in [0.15, 0.2) is 12.4 Å². The van der Waals surface area contributed by atoms with Crippen LogP contribution in [0.3, 0.4) is 0 Å². The average Bonchev–Trinajstić information content (AvgIpc) is 2.71. The summed E-state index contributed by atoms with van der Waals surface area (Å²) in [6.45, 7) is 3.95. The molecule has 0 spiro atoms. The Hall–Kier alpha value is -1.32. The highest BCUT2D eigenvalue weighted by atomic mass is 16.2. The fourth-order valence-corrected chi connectivity index (χ4v) is 1.74. The molecule has 0 saturated carbocycles. The zero-order chi connectivity index (χ0) is 9.97. The number of imidazole rings is 1. The Bertz CT molecular complexity index is 299. The van der Waals surface area contributed by atoms with Gasteiger partial charge in [-0.2, -0.15) is 0 Å². The number of carbonyl (C=O) groups is 1. The number of nitrogens with zero attached hydrogens (tertiary/aromatic N) is 2. The average molecular weight is 193 g/mol. The van der Waals surface area contributed by atoms with E-state index < -0.39 is 0 Å². The van der Waals surface area contributed by atoms with E-state index >= 15 is 0 Å². The minimum absolute atomic E-state index is 0.0295. The summed E-state index contributed by atoms with van der Waals surface area (Å²) in [6.07, 6.45) is 5.50. The van der Waals surface area contributed by atoms with Crippen molar-refractivity contribution in [3.8, 4) is 0 Å². The van der Waals surface area contributed by atoms with Crippen LogP contribution in [0.5, 0.6) is 0 Å². The molecule has 0 unspecified atom stereocenters. The molecule has 1 aliphatic heterocycles. The van der Waals surface area contributed by atoms with Gasteiger partial charge in [0.15, 0.2) is 5.82 Å². The maximum Gasteiger partial charge on any atom is 0.289 e. The molecule has 1 aromatic rings. The Kier molecular flexibility index (Phi) is 2.52. The second-order valence-electron chi connectivity index (χ2n) is 3.91. The third-order valence-electron chi connectivity index (χ3n) is 2.77. The van der Waals surface area contributed by atoms with E-state index in [9.17, 15) is 4.79 Å². The van der Waals surface area contributed by atoms with Gasteiger partial charge in [0.05, 0.1) is 0 Å². The van der Waals surface area contributed by atoms with Gasteiger partial charge in [0.25, 0.3) is 5.91 Å². The van der Waals surface area contributed by atoms with Crippen LogP contribution in [0.2, 0.25) is 0 Å². The van der Waals surface area contributed by atoms with E-state index in [2.05, 4.69) is 16.9 Å². The molecule has 1 fully saturated rings. The van der Waals surface area contributed by atoms with Crippen molar-refractivity contribution in [1.29, 1.82) is 0 Å². The van der Waals surface area contributed by atoms with Crippen LogP contribution in [0.4, 0.5) is 0 Å². The Morgan fingerprint density at radius 2 is 2.29 bits per heavy atom. The molecule has 2 heterocycles. The van der Waals surface area contributed by atoms with Gasteiger partial charge in [-0.3, -0.25) is 4.79 Å². The molecule has 1 aliphatic rings. The Balaban J connectivity index is 1.99. The number of nitrogens with one attached hydrogen (secondary N) is 1. The van der Waals surface area contributed by atoms with Gasteiger partial charge in [-0.25, -0.2) is 4.98 Å². The second-order valence-corrected chi connectivity index (χ2v) is 3.91. The number of carbonyl (C=O) groups excluding carboxylic acids is 1. The molecule has 0 atom stereocenters. The maximum absolute atomic E-state index is 11.8. The van der Waals surface area contributed by atoms with Gasteiger partial charge in [0, 0.05) is 25.5 Å². The topological polar surface area (TPSA) is 49.0 Å². The van der Waals surface area contributed by atoms with Gasteiger partial charge >= 0.3 is 0 Å². The highest BCUT2D eigenvalue weighted by Crippen LogP contribution is 2.16. The number of amides is 1. The molecule has 4 heteroatoms. The predicted molar refractivity (Wildman–Crippen MR) is 52.9 cm³/mol. The van der Waals surface area contributed by atoms with Gasteiger partial charge < -0.3 is 9.88 Å². The molecule has 4 nitrogen and oxygen atoms in total. The molecule has 1 aromatic heterocycles. The van der Waals surface area contributed by atoms with Crippen molar-refractivity contribution >= 4 is 5.91 Å². The molecule has 1 amide bonds. The summed E-state index contributed by atoms with van der Waals surface area (Å²) in [7, 11) is 0. The lowest BCUT2D eigenvalue weighted by Crippen LogP contribution is -2.38. The standard InChI is InChI=1S/C10H15N3O/c1-8-2-6-13(7-3-8)10(14)9-11-4-5-12-9/h4-5,8H,2-3,6-7H2,1H3,(H,11,12). The van der Waals surface area contributed by atoms with Crippen LogP contribution in [-0.4, -0.2) is 33.9 Å². The van der Waals surface area contributed by atoms with Gasteiger partial charge in [-0.05, 0) is 18.8 Å². The molecule has 2 rings (SSSR count). The summed E-state index contributed by atoms with van der Waals surface area (Å²) in [5.74, 6) is 1.23. The second kappa shape index (κ2) is 3.82. The lowest BCUT2D eigenvalue weighted by molar-refractivity contribution is 0.0686. The number of piperidine rings is 1. The molecule has 0 aliphatic carbocycles. The molecule has 76 valence electrons. The molecule has 14 heavy (non-hydrogen) atoms. The molecule has 0 aromatic carbocycles. The van der Waals surface area contributed by atoms with Gasteiger partial charge in [0.2, 0.25) is 0 Å². The molecule has 1 N–H and O–H groups in total. The van der Waals surface area contributed by atoms with Crippen molar-refractivity contribution in [2.75, 3.05) is 13.1 Å². The Morgan fingerprint density at radius 1 is 1.57 bits per heavy atom. The minimum atomic E-state index is 0.0295. The zero-order valence-electron chi connectivity index (χ0n) is 8.36. The van der Waals surface area contributed by atoms with Crippen molar-refractivity contribution in [2.24, 2.45) is 5.92 Å². The Morgan fingerprint density at radius 3 is 2.86 bits per heavy atom. The summed E-state index contributed by atoms with van der Waals surface area (Å²) < 4.78 is 0. The lowest BCUT2D eigenvalue weighted by atomic mass is 9.99. The number of aromatic amines is 1.